The van der Waals surface area contributed by atoms with Crippen LogP contribution in [0.2, 0.25) is 0 Å². The average Bonchev–Trinajstić information content (AvgIpc) is 3.11. The van der Waals surface area contributed by atoms with Gasteiger partial charge in [0.05, 0.1) is 6.61 Å². The molecule has 1 heterocycles. The van der Waals surface area contributed by atoms with Gasteiger partial charge in [-0.15, -0.1) is 0 Å². The minimum absolute atomic E-state index is 0.164. The van der Waals surface area contributed by atoms with E-state index in [4.69, 9.17) is 18.9 Å². The predicted octanol–water partition coefficient (Wildman–Crippen LogP) is 7.03. The summed E-state index contributed by atoms with van der Waals surface area (Å²) < 4.78 is 21.6. The van der Waals surface area contributed by atoms with Crippen molar-refractivity contribution in [2.75, 3.05) is 13.2 Å². The molecule has 1 aliphatic heterocycles. The SMILES string of the molecule is CC/C=C\C/C=C\C/C=C\CCCCCC(=O)OCC(COC1OC(C(=O)O)C(O)C(O)C1O)OC(=O)CCCCCCC/C=C\CCCCC. The summed E-state index contributed by atoms with van der Waals surface area (Å²) in [6.07, 6.45) is 24.6. The van der Waals surface area contributed by atoms with E-state index in [1.807, 2.05) is 0 Å². The summed E-state index contributed by atoms with van der Waals surface area (Å²) in [6.45, 7) is 3.60. The van der Waals surface area contributed by atoms with E-state index < -0.39 is 61.3 Å². The normalized spacial score (nSPS) is 21.6. The molecule has 0 aromatic rings. The summed E-state index contributed by atoms with van der Waals surface area (Å²) in [5.41, 5.74) is 0. The van der Waals surface area contributed by atoms with Crippen LogP contribution in [0, 0.1) is 0 Å². The number of carbonyl (C=O) groups is 3. The zero-order valence-corrected chi connectivity index (χ0v) is 31.1. The maximum atomic E-state index is 12.7. The molecule has 1 aliphatic rings. The number of allylic oxidation sites excluding steroid dienone is 8. The molecule has 292 valence electrons. The Morgan fingerprint density at radius 1 is 0.627 bits per heavy atom. The molecule has 6 atom stereocenters. The predicted molar refractivity (Wildman–Crippen MR) is 197 cm³/mol. The molecule has 0 spiro atoms. The highest BCUT2D eigenvalue weighted by atomic mass is 16.7. The number of aliphatic hydroxyl groups is 3. The summed E-state index contributed by atoms with van der Waals surface area (Å²) >= 11 is 0. The summed E-state index contributed by atoms with van der Waals surface area (Å²) in [6, 6.07) is 0. The largest absolute Gasteiger partial charge is 0.479 e. The highest BCUT2D eigenvalue weighted by molar-refractivity contribution is 5.73. The van der Waals surface area contributed by atoms with Gasteiger partial charge in [-0.05, 0) is 70.6 Å². The molecule has 1 rings (SSSR count). The first-order valence-electron chi connectivity index (χ1n) is 19.2. The van der Waals surface area contributed by atoms with Crippen molar-refractivity contribution >= 4 is 17.9 Å². The molecule has 0 radical (unpaired) electrons. The number of esters is 2. The van der Waals surface area contributed by atoms with Crippen LogP contribution in [0.15, 0.2) is 48.6 Å². The standard InChI is InChI=1S/C40H66O11/c1-3-5-7-9-11-13-15-17-19-20-22-24-26-28-33(41)48-30-32(31-49-40-37(45)35(43)36(44)38(51-40)39(46)47)50-34(42)29-27-25-23-21-18-16-14-12-10-8-6-4-2/h5,7,11-14,17,19,32,35-38,40,43-45H,3-4,6,8-10,15-16,18,20-31H2,1-2H3,(H,46,47)/b7-5-,13-11-,14-12-,19-17-. The lowest BCUT2D eigenvalue weighted by molar-refractivity contribution is -0.298. The smallest absolute Gasteiger partial charge is 0.335 e. The second-order valence-corrected chi connectivity index (χ2v) is 13.0. The number of aliphatic hydroxyl groups excluding tert-OH is 3. The Labute approximate surface area is 305 Å². The minimum atomic E-state index is -1.87. The molecular formula is C40H66O11. The lowest BCUT2D eigenvalue weighted by Gasteiger charge is -2.38. The van der Waals surface area contributed by atoms with Crippen LogP contribution in [0.4, 0.5) is 0 Å². The summed E-state index contributed by atoms with van der Waals surface area (Å²) in [5.74, 6) is -2.50. The Morgan fingerprint density at radius 3 is 1.78 bits per heavy atom. The van der Waals surface area contributed by atoms with Gasteiger partial charge in [0.1, 0.15) is 24.9 Å². The maximum Gasteiger partial charge on any atom is 0.335 e. The number of aliphatic carboxylic acids is 1. The number of ether oxygens (including phenoxy) is 4. The van der Waals surface area contributed by atoms with Gasteiger partial charge in [0.25, 0.3) is 0 Å². The summed E-state index contributed by atoms with van der Waals surface area (Å²) in [7, 11) is 0. The topological polar surface area (TPSA) is 169 Å². The number of hydrogen-bond acceptors (Lipinski definition) is 10. The molecule has 0 aromatic heterocycles. The van der Waals surface area contributed by atoms with Gasteiger partial charge < -0.3 is 39.4 Å². The number of unbranched alkanes of at least 4 members (excludes halogenated alkanes) is 11. The molecule has 4 N–H and O–H groups in total. The third kappa shape index (κ3) is 23.4. The van der Waals surface area contributed by atoms with E-state index in [1.54, 1.807) is 0 Å². The molecule has 0 saturated carbocycles. The Balaban J connectivity index is 2.48. The van der Waals surface area contributed by atoms with Gasteiger partial charge >= 0.3 is 17.9 Å². The van der Waals surface area contributed by atoms with Crippen molar-refractivity contribution in [3.8, 4) is 0 Å². The van der Waals surface area contributed by atoms with Crippen LogP contribution in [0.1, 0.15) is 136 Å². The van der Waals surface area contributed by atoms with Crippen LogP contribution in [0.25, 0.3) is 0 Å². The van der Waals surface area contributed by atoms with Crippen molar-refractivity contribution in [3.63, 3.8) is 0 Å². The summed E-state index contributed by atoms with van der Waals surface area (Å²) in [5, 5.41) is 39.6. The van der Waals surface area contributed by atoms with Gasteiger partial charge in [-0.25, -0.2) is 4.79 Å². The lowest BCUT2D eigenvalue weighted by Crippen LogP contribution is -2.60. The second kappa shape index (κ2) is 30.8. The fraction of sp³-hybridized carbons (Fsp3) is 0.725. The van der Waals surface area contributed by atoms with Gasteiger partial charge in [0.2, 0.25) is 0 Å². The molecular weight excluding hydrogens is 656 g/mol. The maximum absolute atomic E-state index is 12.7. The molecule has 1 saturated heterocycles. The van der Waals surface area contributed by atoms with Crippen molar-refractivity contribution in [2.45, 2.75) is 173 Å². The van der Waals surface area contributed by atoms with Crippen LogP contribution in [0.5, 0.6) is 0 Å². The molecule has 1 fully saturated rings. The molecule has 11 nitrogen and oxygen atoms in total. The minimum Gasteiger partial charge on any atom is -0.479 e. The number of hydrogen-bond donors (Lipinski definition) is 4. The van der Waals surface area contributed by atoms with E-state index in [9.17, 15) is 34.8 Å². The van der Waals surface area contributed by atoms with E-state index in [-0.39, 0.29) is 19.4 Å². The van der Waals surface area contributed by atoms with Gasteiger partial charge in [-0.3, -0.25) is 9.59 Å². The quantitative estimate of drug-likeness (QED) is 0.0341. The zero-order chi connectivity index (χ0) is 37.5. The third-order valence-corrected chi connectivity index (χ3v) is 8.41. The number of carboxylic acids is 1. The monoisotopic (exact) mass is 722 g/mol. The molecule has 11 heteroatoms. The fourth-order valence-electron chi connectivity index (χ4n) is 5.36. The van der Waals surface area contributed by atoms with E-state index in [2.05, 4.69) is 62.5 Å². The van der Waals surface area contributed by atoms with Crippen molar-refractivity contribution in [2.24, 2.45) is 0 Å². The number of carbonyl (C=O) groups excluding carboxylic acids is 2. The third-order valence-electron chi connectivity index (χ3n) is 8.41. The molecule has 0 bridgehead atoms. The second-order valence-electron chi connectivity index (χ2n) is 13.0. The number of carboxylic acid groups (broad SMARTS) is 1. The Hall–Kier alpha value is -2.83. The van der Waals surface area contributed by atoms with Crippen LogP contribution < -0.4 is 0 Å². The first-order valence-corrected chi connectivity index (χ1v) is 19.2. The van der Waals surface area contributed by atoms with E-state index in [0.29, 0.717) is 12.8 Å². The molecule has 51 heavy (non-hydrogen) atoms. The van der Waals surface area contributed by atoms with E-state index in [1.165, 1.54) is 19.3 Å². The highest BCUT2D eigenvalue weighted by Gasteiger charge is 2.47. The van der Waals surface area contributed by atoms with Crippen molar-refractivity contribution < 1.29 is 53.8 Å². The van der Waals surface area contributed by atoms with Crippen molar-refractivity contribution in [1.82, 2.24) is 0 Å². The van der Waals surface area contributed by atoms with Gasteiger partial charge in [0, 0.05) is 12.8 Å². The van der Waals surface area contributed by atoms with Crippen molar-refractivity contribution in [1.29, 1.82) is 0 Å². The van der Waals surface area contributed by atoms with Gasteiger partial charge in [-0.1, -0.05) is 101 Å². The first kappa shape index (κ1) is 46.2. The molecule has 0 amide bonds. The molecule has 0 aliphatic carbocycles. The van der Waals surface area contributed by atoms with Gasteiger partial charge in [-0.2, -0.15) is 0 Å². The van der Waals surface area contributed by atoms with Crippen molar-refractivity contribution in [3.05, 3.63) is 48.6 Å². The Bertz CT molecular complexity index is 1040. The zero-order valence-electron chi connectivity index (χ0n) is 31.1. The first-order chi connectivity index (χ1) is 24.7. The van der Waals surface area contributed by atoms with Crippen LogP contribution in [-0.2, 0) is 33.3 Å². The van der Waals surface area contributed by atoms with Crippen LogP contribution in [-0.4, -0.2) is 88.4 Å². The molecule has 0 aromatic carbocycles. The van der Waals surface area contributed by atoms with Crippen LogP contribution in [0.3, 0.4) is 0 Å². The Kier molecular flexibility index (Phi) is 27.9. The van der Waals surface area contributed by atoms with E-state index in [0.717, 1.165) is 77.0 Å². The Morgan fingerprint density at radius 2 is 1.16 bits per heavy atom. The lowest BCUT2D eigenvalue weighted by atomic mass is 9.99. The number of rotatable bonds is 30. The fourth-order valence-corrected chi connectivity index (χ4v) is 5.36. The van der Waals surface area contributed by atoms with E-state index >= 15 is 0 Å². The highest BCUT2D eigenvalue weighted by Crippen LogP contribution is 2.23. The summed E-state index contributed by atoms with van der Waals surface area (Å²) in [4.78, 5) is 36.6. The van der Waals surface area contributed by atoms with Gasteiger partial charge in [0.15, 0.2) is 18.5 Å². The van der Waals surface area contributed by atoms with Crippen LogP contribution >= 0.6 is 0 Å². The molecule has 6 unspecified atom stereocenters. The average molecular weight is 723 g/mol.